The van der Waals surface area contributed by atoms with Crippen LogP contribution in [0, 0.1) is 5.82 Å². The van der Waals surface area contributed by atoms with Gasteiger partial charge in [-0.25, -0.2) is 4.39 Å². The van der Waals surface area contributed by atoms with Crippen LogP contribution in [0.5, 0.6) is 0 Å². The third-order valence-corrected chi connectivity index (χ3v) is 4.28. The minimum Gasteiger partial charge on any atom is -0.337 e. The molecule has 1 aliphatic heterocycles. The molecule has 5 heteroatoms. The highest BCUT2D eigenvalue weighted by atomic mass is 79.9. The van der Waals surface area contributed by atoms with Crippen LogP contribution >= 0.6 is 15.9 Å². The van der Waals surface area contributed by atoms with Crippen molar-refractivity contribution < 1.29 is 9.18 Å². The monoisotopic (exact) mass is 328 g/mol. The molecule has 1 unspecified atom stereocenters. The number of halogens is 2. The smallest absolute Gasteiger partial charge is 0.253 e. The maximum Gasteiger partial charge on any atom is 0.253 e. The summed E-state index contributed by atoms with van der Waals surface area (Å²) in [5, 5.41) is 0. The SMILES string of the molecule is CN1CCCC(N(C)C(=O)c2ccc(Br)c(F)c2)C1. The highest BCUT2D eigenvalue weighted by Gasteiger charge is 2.25. The number of likely N-dealkylation sites (tertiary alicyclic amines) is 1. The molecule has 1 fully saturated rings. The van der Waals surface area contributed by atoms with Gasteiger partial charge < -0.3 is 9.80 Å². The number of carbonyl (C=O) groups is 1. The first kappa shape index (κ1) is 14.5. The molecule has 1 amide bonds. The van der Waals surface area contributed by atoms with Gasteiger partial charge in [-0.2, -0.15) is 0 Å². The van der Waals surface area contributed by atoms with Gasteiger partial charge in [0.05, 0.1) is 4.47 Å². The fraction of sp³-hybridized carbons (Fsp3) is 0.500. The van der Waals surface area contributed by atoms with Gasteiger partial charge in [0.2, 0.25) is 0 Å². The Bertz CT molecular complexity index is 481. The number of carbonyl (C=O) groups excluding carboxylic acids is 1. The van der Waals surface area contributed by atoms with Gasteiger partial charge in [0.15, 0.2) is 0 Å². The van der Waals surface area contributed by atoms with Gasteiger partial charge in [-0.05, 0) is 60.6 Å². The minimum atomic E-state index is -0.403. The van der Waals surface area contributed by atoms with Crippen molar-refractivity contribution in [3.63, 3.8) is 0 Å². The average Bonchev–Trinajstić information content (AvgIpc) is 2.40. The van der Waals surface area contributed by atoms with Gasteiger partial charge in [-0.15, -0.1) is 0 Å². The van der Waals surface area contributed by atoms with Crippen LogP contribution in [0.3, 0.4) is 0 Å². The molecule has 1 atom stereocenters. The number of hydrogen-bond donors (Lipinski definition) is 0. The Morgan fingerprint density at radius 3 is 2.89 bits per heavy atom. The Labute approximate surface area is 121 Å². The number of nitrogens with zero attached hydrogens (tertiary/aromatic N) is 2. The quantitative estimate of drug-likeness (QED) is 0.833. The van der Waals surface area contributed by atoms with Crippen LogP contribution in [-0.4, -0.2) is 48.9 Å². The molecule has 3 nitrogen and oxygen atoms in total. The summed E-state index contributed by atoms with van der Waals surface area (Å²) in [6.45, 7) is 1.95. The van der Waals surface area contributed by atoms with Crippen molar-refractivity contribution in [3.05, 3.63) is 34.1 Å². The molecule has 1 aliphatic rings. The molecule has 0 saturated carbocycles. The number of piperidine rings is 1. The van der Waals surface area contributed by atoms with E-state index >= 15 is 0 Å². The van der Waals surface area contributed by atoms with E-state index in [1.54, 1.807) is 24.1 Å². The molecule has 0 radical (unpaired) electrons. The van der Waals surface area contributed by atoms with Crippen LogP contribution in [0.4, 0.5) is 4.39 Å². The van der Waals surface area contributed by atoms with E-state index in [4.69, 9.17) is 0 Å². The number of amides is 1. The van der Waals surface area contributed by atoms with Crippen LogP contribution in [0.2, 0.25) is 0 Å². The molecule has 0 aliphatic carbocycles. The lowest BCUT2D eigenvalue weighted by molar-refractivity contribution is 0.0643. The van der Waals surface area contributed by atoms with E-state index < -0.39 is 5.82 Å². The van der Waals surface area contributed by atoms with Crippen molar-refractivity contribution in [3.8, 4) is 0 Å². The predicted octanol–water partition coefficient (Wildman–Crippen LogP) is 2.75. The van der Waals surface area contributed by atoms with Crippen LogP contribution < -0.4 is 0 Å². The van der Waals surface area contributed by atoms with Crippen LogP contribution in [-0.2, 0) is 0 Å². The Hall–Kier alpha value is -0.940. The number of benzene rings is 1. The standard InChI is InChI=1S/C14H18BrFN2O/c1-17-7-3-4-11(9-17)18(2)14(19)10-5-6-12(15)13(16)8-10/h5-6,8,11H,3-4,7,9H2,1-2H3. The van der Waals surface area contributed by atoms with E-state index in [1.165, 1.54) is 6.07 Å². The van der Waals surface area contributed by atoms with Gasteiger partial charge in [-0.1, -0.05) is 0 Å². The zero-order chi connectivity index (χ0) is 14.0. The van der Waals surface area contributed by atoms with Crippen molar-refractivity contribution >= 4 is 21.8 Å². The predicted molar refractivity (Wildman–Crippen MR) is 76.7 cm³/mol. The molecule has 0 bridgehead atoms. The second-order valence-electron chi connectivity index (χ2n) is 5.10. The average molecular weight is 329 g/mol. The molecule has 1 aromatic carbocycles. The molecule has 0 aromatic heterocycles. The number of rotatable bonds is 2. The van der Waals surface area contributed by atoms with Gasteiger partial charge >= 0.3 is 0 Å². The normalized spacial score (nSPS) is 20.3. The fourth-order valence-corrected chi connectivity index (χ4v) is 2.70. The highest BCUT2D eigenvalue weighted by Crippen LogP contribution is 2.20. The van der Waals surface area contributed by atoms with E-state index in [0.29, 0.717) is 10.0 Å². The van der Waals surface area contributed by atoms with E-state index in [1.807, 2.05) is 0 Å². The molecule has 1 heterocycles. The van der Waals surface area contributed by atoms with Gasteiger partial charge in [0, 0.05) is 25.2 Å². The summed E-state index contributed by atoms with van der Waals surface area (Å²) < 4.78 is 13.9. The lowest BCUT2D eigenvalue weighted by Gasteiger charge is -2.35. The number of hydrogen-bond acceptors (Lipinski definition) is 2. The summed E-state index contributed by atoms with van der Waals surface area (Å²) in [6, 6.07) is 4.72. The molecule has 19 heavy (non-hydrogen) atoms. The zero-order valence-electron chi connectivity index (χ0n) is 11.2. The third kappa shape index (κ3) is 3.34. The largest absolute Gasteiger partial charge is 0.337 e. The summed E-state index contributed by atoms with van der Waals surface area (Å²) in [5.74, 6) is -0.522. The van der Waals surface area contributed by atoms with E-state index in [0.717, 1.165) is 25.9 Å². The topological polar surface area (TPSA) is 23.6 Å². The van der Waals surface area contributed by atoms with Crippen molar-refractivity contribution in [2.24, 2.45) is 0 Å². The van der Waals surface area contributed by atoms with Crippen LogP contribution in [0.15, 0.2) is 22.7 Å². The van der Waals surface area contributed by atoms with Crippen LogP contribution in [0.1, 0.15) is 23.2 Å². The molecule has 1 saturated heterocycles. The van der Waals surface area contributed by atoms with Crippen molar-refractivity contribution in [1.29, 1.82) is 0 Å². The minimum absolute atomic E-state index is 0.119. The van der Waals surface area contributed by atoms with Crippen molar-refractivity contribution in [2.75, 3.05) is 27.2 Å². The lowest BCUT2D eigenvalue weighted by Crippen LogP contribution is -2.47. The van der Waals surface area contributed by atoms with Gasteiger partial charge in [-0.3, -0.25) is 4.79 Å². The first-order chi connectivity index (χ1) is 8.99. The van der Waals surface area contributed by atoms with E-state index in [-0.39, 0.29) is 11.9 Å². The molecule has 2 rings (SSSR count). The molecular weight excluding hydrogens is 311 g/mol. The summed E-state index contributed by atoms with van der Waals surface area (Å²) in [6.07, 6.45) is 2.10. The zero-order valence-corrected chi connectivity index (χ0v) is 12.8. The first-order valence-corrected chi connectivity index (χ1v) is 7.19. The van der Waals surface area contributed by atoms with Gasteiger partial charge in [0.1, 0.15) is 5.82 Å². The molecule has 0 N–H and O–H groups in total. The molecular formula is C14H18BrFN2O. The number of likely N-dealkylation sites (N-methyl/N-ethyl adjacent to an activating group) is 2. The summed E-state index contributed by atoms with van der Waals surface area (Å²) >= 11 is 3.09. The summed E-state index contributed by atoms with van der Waals surface area (Å²) in [4.78, 5) is 16.3. The lowest BCUT2D eigenvalue weighted by atomic mass is 10.0. The molecule has 0 spiro atoms. The Kier molecular flexibility index (Phi) is 4.58. The third-order valence-electron chi connectivity index (χ3n) is 3.63. The Morgan fingerprint density at radius 1 is 1.53 bits per heavy atom. The second-order valence-corrected chi connectivity index (χ2v) is 5.96. The van der Waals surface area contributed by atoms with Crippen molar-refractivity contribution in [1.82, 2.24) is 9.80 Å². The molecule has 104 valence electrons. The second kappa shape index (κ2) is 6.01. The van der Waals surface area contributed by atoms with Gasteiger partial charge in [0.25, 0.3) is 5.91 Å². The maximum atomic E-state index is 13.5. The molecule has 1 aromatic rings. The van der Waals surface area contributed by atoms with Crippen molar-refractivity contribution in [2.45, 2.75) is 18.9 Å². The maximum absolute atomic E-state index is 13.5. The van der Waals surface area contributed by atoms with E-state index in [2.05, 4.69) is 27.9 Å². The highest BCUT2D eigenvalue weighted by molar-refractivity contribution is 9.10. The summed E-state index contributed by atoms with van der Waals surface area (Å²) in [7, 11) is 3.86. The Morgan fingerprint density at radius 2 is 2.26 bits per heavy atom. The van der Waals surface area contributed by atoms with E-state index in [9.17, 15) is 9.18 Å². The van der Waals surface area contributed by atoms with Crippen LogP contribution in [0.25, 0.3) is 0 Å². The summed E-state index contributed by atoms with van der Waals surface area (Å²) in [5.41, 5.74) is 0.399. The Balaban J connectivity index is 2.11. The fourth-order valence-electron chi connectivity index (χ4n) is 2.45. The first-order valence-electron chi connectivity index (χ1n) is 6.40.